The summed E-state index contributed by atoms with van der Waals surface area (Å²) in [7, 11) is 0. The summed E-state index contributed by atoms with van der Waals surface area (Å²) in [4.78, 5) is 10.2. The molecule has 0 aromatic heterocycles. The van der Waals surface area contributed by atoms with Crippen molar-refractivity contribution in [1.82, 2.24) is 0 Å². The molecule has 0 atom stereocenters. The van der Waals surface area contributed by atoms with Crippen LogP contribution in [0.5, 0.6) is 0 Å². The lowest BCUT2D eigenvalue weighted by atomic mass is 9.91. The largest absolute Gasteiger partial charge is 0.481 e. The second kappa shape index (κ2) is 8.88. The van der Waals surface area contributed by atoms with Crippen LogP contribution in [0.3, 0.4) is 0 Å². The molecule has 0 saturated heterocycles. The highest BCUT2D eigenvalue weighted by Gasteiger charge is 2.08. The molecule has 0 spiro atoms. The Balaban J connectivity index is 3.07. The number of hydrogen-bond acceptors (Lipinski definition) is 3. The van der Waals surface area contributed by atoms with Crippen LogP contribution in [0, 0.1) is 5.41 Å². The van der Waals surface area contributed by atoms with Gasteiger partial charge < -0.3 is 9.84 Å². The van der Waals surface area contributed by atoms with Crippen molar-refractivity contribution in [2.45, 2.75) is 40.0 Å². The van der Waals surface area contributed by atoms with Crippen LogP contribution in [0.25, 0.3) is 0 Å². The lowest BCUT2D eigenvalue weighted by Crippen LogP contribution is -2.06. The van der Waals surface area contributed by atoms with Gasteiger partial charge in [0.2, 0.25) is 0 Å². The topological polar surface area (TPSA) is 46.5 Å². The maximum Gasteiger partial charge on any atom is 0.305 e. The minimum atomic E-state index is -0.794. The Morgan fingerprint density at radius 2 is 1.94 bits per heavy atom. The molecule has 0 radical (unpaired) electrons. The van der Waals surface area contributed by atoms with E-state index in [-0.39, 0.29) is 6.42 Å². The van der Waals surface area contributed by atoms with Gasteiger partial charge in [0, 0.05) is 5.75 Å². The van der Waals surface area contributed by atoms with E-state index in [9.17, 15) is 4.79 Å². The monoisotopic (exact) mass is 248 g/mol. The van der Waals surface area contributed by atoms with Crippen LogP contribution in [0.2, 0.25) is 0 Å². The van der Waals surface area contributed by atoms with Gasteiger partial charge in [0.15, 0.2) is 0 Å². The zero-order valence-corrected chi connectivity index (χ0v) is 11.4. The van der Waals surface area contributed by atoms with Gasteiger partial charge in [0.05, 0.1) is 19.6 Å². The molecule has 0 unspecified atom stereocenters. The molecule has 0 rings (SSSR count). The first-order chi connectivity index (χ1) is 7.42. The molecule has 0 aliphatic heterocycles. The van der Waals surface area contributed by atoms with Gasteiger partial charge in [-0.3, -0.25) is 4.79 Å². The summed E-state index contributed by atoms with van der Waals surface area (Å²) in [5.74, 6) is 1.33. The average Bonchev–Trinajstić information content (AvgIpc) is 2.13. The summed E-state index contributed by atoms with van der Waals surface area (Å²) < 4.78 is 5.19. The van der Waals surface area contributed by atoms with Gasteiger partial charge in [-0.05, 0) is 24.0 Å². The zero-order valence-electron chi connectivity index (χ0n) is 10.6. The third-order valence-electron chi connectivity index (χ3n) is 2.05. The van der Waals surface area contributed by atoms with Crippen molar-refractivity contribution >= 4 is 17.7 Å². The van der Waals surface area contributed by atoms with E-state index in [1.54, 1.807) is 0 Å². The molecule has 0 heterocycles. The second-order valence-electron chi connectivity index (χ2n) is 5.03. The lowest BCUT2D eigenvalue weighted by Gasteiger charge is -2.17. The van der Waals surface area contributed by atoms with Gasteiger partial charge in [0.1, 0.15) is 0 Å². The highest BCUT2D eigenvalue weighted by atomic mass is 32.2. The number of rotatable bonds is 9. The summed E-state index contributed by atoms with van der Waals surface area (Å²) >= 11 is 1.88. The number of ether oxygens (including phenoxy) is 1. The Morgan fingerprint density at radius 1 is 1.25 bits per heavy atom. The summed E-state index contributed by atoms with van der Waals surface area (Å²) in [6, 6.07) is 0. The Labute approximate surface area is 103 Å². The highest BCUT2D eigenvalue weighted by Crippen LogP contribution is 2.21. The van der Waals surface area contributed by atoms with Crippen molar-refractivity contribution < 1.29 is 14.6 Å². The van der Waals surface area contributed by atoms with Crippen LogP contribution in [0.4, 0.5) is 0 Å². The number of aliphatic carboxylic acids is 1. The highest BCUT2D eigenvalue weighted by molar-refractivity contribution is 7.99. The van der Waals surface area contributed by atoms with Crippen molar-refractivity contribution in [1.29, 1.82) is 0 Å². The Bertz CT molecular complexity index is 187. The third kappa shape index (κ3) is 13.8. The van der Waals surface area contributed by atoms with Crippen molar-refractivity contribution in [2.24, 2.45) is 5.41 Å². The van der Waals surface area contributed by atoms with Gasteiger partial charge in [0.25, 0.3) is 0 Å². The molecule has 0 aromatic carbocycles. The van der Waals surface area contributed by atoms with Gasteiger partial charge in [-0.2, -0.15) is 11.8 Å². The molecule has 96 valence electrons. The number of carbonyl (C=O) groups is 1. The summed E-state index contributed by atoms with van der Waals surface area (Å²) in [5.41, 5.74) is 0.429. The molecule has 3 nitrogen and oxygen atoms in total. The molecule has 0 amide bonds. The first-order valence-electron chi connectivity index (χ1n) is 5.79. The standard InChI is InChI=1S/C12H24O3S/c1-12(2,3)6-4-9-16-10-8-15-7-5-11(13)14/h4-10H2,1-3H3,(H,13,14). The minimum absolute atomic E-state index is 0.106. The first kappa shape index (κ1) is 15.8. The SMILES string of the molecule is CC(C)(C)CCCSCCOCCC(=O)O. The van der Waals surface area contributed by atoms with Crippen LogP contribution < -0.4 is 0 Å². The van der Waals surface area contributed by atoms with Crippen molar-refractivity contribution in [2.75, 3.05) is 24.7 Å². The van der Waals surface area contributed by atoms with Crippen LogP contribution in [-0.4, -0.2) is 35.8 Å². The molecule has 1 N–H and O–H groups in total. The predicted octanol–water partition coefficient (Wildman–Crippen LogP) is 3.04. The van der Waals surface area contributed by atoms with Crippen LogP contribution >= 0.6 is 11.8 Å². The van der Waals surface area contributed by atoms with Crippen molar-refractivity contribution in [3.8, 4) is 0 Å². The maximum atomic E-state index is 10.2. The van der Waals surface area contributed by atoms with E-state index in [4.69, 9.17) is 9.84 Å². The second-order valence-corrected chi connectivity index (χ2v) is 6.26. The Kier molecular flexibility index (Phi) is 8.76. The van der Waals surface area contributed by atoms with E-state index in [2.05, 4.69) is 20.8 Å². The van der Waals surface area contributed by atoms with Gasteiger partial charge in [-0.15, -0.1) is 0 Å². The Morgan fingerprint density at radius 3 is 2.50 bits per heavy atom. The predicted molar refractivity (Wildman–Crippen MR) is 69.1 cm³/mol. The summed E-state index contributed by atoms with van der Waals surface area (Å²) in [5, 5.41) is 8.38. The van der Waals surface area contributed by atoms with Crippen LogP contribution in [0.15, 0.2) is 0 Å². The van der Waals surface area contributed by atoms with Crippen LogP contribution in [0.1, 0.15) is 40.0 Å². The number of carboxylic acids is 1. The van der Waals surface area contributed by atoms with Gasteiger partial charge >= 0.3 is 5.97 Å². The quantitative estimate of drug-likeness (QED) is 0.637. The zero-order chi connectivity index (χ0) is 12.4. The fourth-order valence-electron chi connectivity index (χ4n) is 1.19. The molecule has 0 bridgehead atoms. The number of carboxylic acid groups (broad SMARTS) is 1. The average molecular weight is 248 g/mol. The van der Waals surface area contributed by atoms with E-state index in [0.717, 1.165) is 5.75 Å². The molecular formula is C12H24O3S. The normalized spacial score (nSPS) is 11.7. The third-order valence-corrected chi connectivity index (χ3v) is 3.08. The molecule has 0 aliphatic carbocycles. The molecule has 4 heteroatoms. The molecule has 0 fully saturated rings. The summed E-state index contributed by atoms with van der Waals surface area (Å²) in [6.07, 6.45) is 2.60. The smallest absolute Gasteiger partial charge is 0.305 e. The molecule has 16 heavy (non-hydrogen) atoms. The molecule has 0 aliphatic rings. The summed E-state index contributed by atoms with van der Waals surface area (Å²) in [6.45, 7) is 7.76. The first-order valence-corrected chi connectivity index (χ1v) is 6.94. The maximum absolute atomic E-state index is 10.2. The van der Waals surface area contributed by atoms with Gasteiger partial charge in [-0.25, -0.2) is 0 Å². The van der Waals surface area contributed by atoms with Gasteiger partial charge in [-0.1, -0.05) is 20.8 Å². The van der Waals surface area contributed by atoms with E-state index in [0.29, 0.717) is 18.6 Å². The fourth-order valence-corrected chi connectivity index (χ4v) is 1.97. The Hall–Kier alpha value is -0.220. The number of hydrogen-bond donors (Lipinski definition) is 1. The van der Waals surface area contributed by atoms with E-state index >= 15 is 0 Å². The van der Waals surface area contributed by atoms with E-state index < -0.39 is 5.97 Å². The minimum Gasteiger partial charge on any atom is -0.481 e. The fraction of sp³-hybridized carbons (Fsp3) is 0.917. The van der Waals surface area contributed by atoms with E-state index in [1.165, 1.54) is 18.6 Å². The van der Waals surface area contributed by atoms with Crippen molar-refractivity contribution in [3.63, 3.8) is 0 Å². The number of thioether (sulfide) groups is 1. The molecule has 0 saturated carbocycles. The van der Waals surface area contributed by atoms with Crippen LogP contribution in [-0.2, 0) is 9.53 Å². The van der Waals surface area contributed by atoms with Crippen molar-refractivity contribution in [3.05, 3.63) is 0 Å². The van der Waals surface area contributed by atoms with E-state index in [1.807, 2.05) is 11.8 Å². The molecular weight excluding hydrogens is 224 g/mol. The molecule has 0 aromatic rings. The lowest BCUT2D eigenvalue weighted by molar-refractivity contribution is -0.138.